The Balaban J connectivity index is 1.69. The molecule has 2 amide bonds. The Kier molecular flexibility index (Phi) is 7.29. The van der Waals surface area contributed by atoms with Crippen LogP contribution in [0.2, 0.25) is 0 Å². The van der Waals surface area contributed by atoms with Crippen LogP contribution in [-0.2, 0) is 19.6 Å². The number of nitrogens with zero attached hydrogens (tertiary/aromatic N) is 2. The molecule has 0 bridgehead atoms. The highest BCUT2D eigenvalue weighted by Gasteiger charge is 2.25. The standard InChI is InChI=1S/C15H20BrN3O4S2/c1-25(22,23)19-7-5-18(6-8-19)15(21)11-24-10-14(20)17-13-4-2-3-12(16)9-13/h2-4,9H,5-8,10-11H2,1H3,(H,17,20). The lowest BCUT2D eigenvalue weighted by Gasteiger charge is -2.33. The van der Waals surface area contributed by atoms with Crippen molar-refractivity contribution in [2.24, 2.45) is 0 Å². The summed E-state index contributed by atoms with van der Waals surface area (Å²) in [5.41, 5.74) is 0.697. The average Bonchev–Trinajstić information content (AvgIpc) is 2.54. The predicted octanol–water partition coefficient (Wildman–Crippen LogP) is 1.22. The summed E-state index contributed by atoms with van der Waals surface area (Å²) in [4.78, 5) is 25.7. The number of anilines is 1. The van der Waals surface area contributed by atoms with E-state index in [1.165, 1.54) is 22.3 Å². The summed E-state index contributed by atoms with van der Waals surface area (Å²) in [5, 5.41) is 2.77. The Morgan fingerprint density at radius 3 is 2.48 bits per heavy atom. The first kappa shape index (κ1) is 20.2. The Labute approximate surface area is 160 Å². The van der Waals surface area contributed by atoms with E-state index in [1.807, 2.05) is 12.1 Å². The van der Waals surface area contributed by atoms with E-state index in [1.54, 1.807) is 17.0 Å². The van der Waals surface area contributed by atoms with Crippen molar-refractivity contribution in [3.05, 3.63) is 28.7 Å². The zero-order valence-corrected chi connectivity index (χ0v) is 17.0. The number of rotatable bonds is 6. The average molecular weight is 450 g/mol. The van der Waals surface area contributed by atoms with E-state index in [9.17, 15) is 18.0 Å². The lowest BCUT2D eigenvalue weighted by atomic mass is 10.3. The summed E-state index contributed by atoms with van der Waals surface area (Å²) in [7, 11) is -3.20. The van der Waals surface area contributed by atoms with Crippen molar-refractivity contribution < 1.29 is 18.0 Å². The van der Waals surface area contributed by atoms with Gasteiger partial charge in [0.1, 0.15) is 0 Å². The van der Waals surface area contributed by atoms with E-state index in [-0.39, 0.29) is 23.3 Å². The lowest BCUT2D eigenvalue weighted by molar-refractivity contribution is -0.129. The number of sulfonamides is 1. The van der Waals surface area contributed by atoms with Gasteiger partial charge in [-0.3, -0.25) is 9.59 Å². The van der Waals surface area contributed by atoms with Crippen molar-refractivity contribution in [1.82, 2.24) is 9.21 Å². The minimum atomic E-state index is -3.20. The molecule has 0 aliphatic carbocycles. The second-order valence-electron chi connectivity index (χ2n) is 5.59. The number of hydrogen-bond donors (Lipinski definition) is 1. The maximum Gasteiger partial charge on any atom is 0.234 e. The number of thioether (sulfide) groups is 1. The van der Waals surface area contributed by atoms with Crippen molar-refractivity contribution in [1.29, 1.82) is 0 Å². The van der Waals surface area contributed by atoms with Crippen LogP contribution in [0.4, 0.5) is 5.69 Å². The van der Waals surface area contributed by atoms with Crippen LogP contribution in [0.1, 0.15) is 0 Å². The second kappa shape index (κ2) is 9.02. The van der Waals surface area contributed by atoms with Gasteiger partial charge in [-0.1, -0.05) is 22.0 Å². The van der Waals surface area contributed by atoms with E-state index >= 15 is 0 Å². The topological polar surface area (TPSA) is 86.8 Å². The van der Waals surface area contributed by atoms with Gasteiger partial charge in [0.25, 0.3) is 0 Å². The molecule has 1 aromatic rings. The van der Waals surface area contributed by atoms with Crippen LogP contribution in [-0.4, -0.2) is 73.4 Å². The molecule has 0 atom stereocenters. The molecule has 10 heteroatoms. The van der Waals surface area contributed by atoms with Gasteiger partial charge in [-0.25, -0.2) is 8.42 Å². The SMILES string of the molecule is CS(=O)(=O)N1CCN(C(=O)CSCC(=O)Nc2cccc(Br)c2)CC1. The first-order valence-corrected chi connectivity index (χ1v) is 11.4. The van der Waals surface area contributed by atoms with Crippen molar-refractivity contribution in [2.75, 3.05) is 49.3 Å². The van der Waals surface area contributed by atoms with E-state index in [2.05, 4.69) is 21.2 Å². The smallest absolute Gasteiger partial charge is 0.234 e. The molecular formula is C15H20BrN3O4S2. The highest BCUT2D eigenvalue weighted by Crippen LogP contribution is 2.16. The molecule has 1 saturated heterocycles. The fourth-order valence-electron chi connectivity index (χ4n) is 2.35. The number of nitrogens with one attached hydrogen (secondary N) is 1. The maximum atomic E-state index is 12.1. The first-order valence-electron chi connectivity index (χ1n) is 7.62. The molecule has 0 spiro atoms. The normalized spacial score (nSPS) is 15.8. The van der Waals surface area contributed by atoms with Crippen LogP contribution in [0.5, 0.6) is 0 Å². The van der Waals surface area contributed by atoms with Crippen LogP contribution in [0.15, 0.2) is 28.7 Å². The van der Waals surface area contributed by atoms with Gasteiger partial charge < -0.3 is 10.2 Å². The Hall–Kier alpha value is -1.10. The van der Waals surface area contributed by atoms with Crippen molar-refractivity contribution in [3.63, 3.8) is 0 Å². The number of hydrogen-bond acceptors (Lipinski definition) is 5. The van der Waals surface area contributed by atoms with Gasteiger partial charge in [0.05, 0.1) is 17.8 Å². The molecule has 138 valence electrons. The number of piperazine rings is 1. The summed E-state index contributed by atoms with van der Waals surface area (Å²) < 4.78 is 25.2. The number of carbonyl (C=O) groups is 2. The summed E-state index contributed by atoms with van der Waals surface area (Å²) >= 11 is 4.58. The Morgan fingerprint density at radius 2 is 1.88 bits per heavy atom. The summed E-state index contributed by atoms with van der Waals surface area (Å²) in [5.74, 6) is 0.137. The molecule has 7 nitrogen and oxygen atoms in total. The van der Waals surface area contributed by atoms with Crippen LogP contribution in [0, 0.1) is 0 Å². The number of amides is 2. The summed E-state index contributed by atoms with van der Waals surface area (Å²) in [6.07, 6.45) is 1.17. The minimum Gasteiger partial charge on any atom is -0.339 e. The van der Waals surface area contributed by atoms with Gasteiger partial charge in [-0.15, -0.1) is 11.8 Å². The third-order valence-corrected chi connectivity index (χ3v) is 6.34. The van der Waals surface area contributed by atoms with E-state index in [0.29, 0.717) is 31.9 Å². The third kappa shape index (κ3) is 6.61. The molecule has 1 aromatic carbocycles. The zero-order valence-electron chi connectivity index (χ0n) is 13.8. The highest BCUT2D eigenvalue weighted by molar-refractivity contribution is 9.10. The highest BCUT2D eigenvalue weighted by atomic mass is 79.9. The quantitative estimate of drug-likeness (QED) is 0.705. The number of benzene rings is 1. The molecular weight excluding hydrogens is 430 g/mol. The van der Waals surface area contributed by atoms with Gasteiger partial charge >= 0.3 is 0 Å². The van der Waals surface area contributed by atoms with Gasteiger partial charge in [-0.2, -0.15) is 4.31 Å². The predicted molar refractivity (Wildman–Crippen MR) is 103 cm³/mol. The van der Waals surface area contributed by atoms with Crippen molar-refractivity contribution in [2.45, 2.75) is 0 Å². The van der Waals surface area contributed by atoms with Gasteiger partial charge in [0.15, 0.2) is 0 Å². The summed E-state index contributed by atoms with van der Waals surface area (Å²) in [6.45, 7) is 1.41. The first-order chi connectivity index (χ1) is 11.8. The molecule has 1 fully saturated rings. The zero-order chi connectivity index (χ0) is 18.4. The van der Waals surface area contributed by atoms with E-state index in [4.69, 9.17) is 0 Å². The molecule has 0 radical (unpaired) electrons. The van der Waals surface area contributed by atoms with Crippen molar-refractivity contribution >= 4 is 55.2 Å². The largest absolute Gasteiger partial charge is 0.339 e. The molecule has 2 rings (SSSR count). The van der Waals surface area contributed by atoms with Crippen LogP contribution >= 0.6 is 27.7 Å². The molecule has 1 N–H and O–H groups in total. The molecule has 0 saturated carbocycles. The van der Waals surface area contributed by atoms with Crippen LogP contribution in [0.3, 0.4) is 0 Å². The number of halogens is 1. The lowest BCUT2D eigenvalue weighted by Crippen LogP contribution is -2.50. The van der Waals surface area contributed by atoms with Crippen LogP contribution in [0.25, 0.3) is 0 Å². The van der Waals surface area contributed by atoms with Crippen LogP contribution < -0.4 is 5.32 Å². The molecule has 1 aliphatic heterocycles. The maximum absolute atomic E-state index is 12.1. The van der Waals surface area contributed by atoms with Crippen molar-refractivity contribution in [3.8, 4) is 0 Å². The van der Waals surface area contributed by atoms with E-state index in [0.717, 1.165) is 4.47 Å². The molecule has 1 aliphatic rings. The molecule has 1 heterocycles. The van der Waals surface area contributed by atoms with Gasteiger partial charge in [-0.05, 0) is 18.2 Å². The molecule has 25 heavy (non-hydrogen) atoms. The minimum absolute atomic E-state index is 0.0755. The summed E-state index contributed by atoms with van der Waals surface area (Å²) in [6, 6.07) is 7.29. The molecule has 0 aromatic heterocycles. The Morgan fingerprint density at radius 1 is 1.20 bits per heavy atom. The second-order valence-corrected chi connectivity index (χ2v) is 9.48. The Bertz CT molecular complexity index is 734. The molecule has 0 unspecified atom stereocenters. The van der Waals surface area contributed by atoms with E-state index < -0.39 is 10.0 Å². The van der Waals surface area contributed by atoms with Gasteiger partial charge in [0, 0.05) is 36.3 Å². The number of carbonyl (C=O) groups excluding carboxylic acids is 2. The fraction of sp³-hybridized carbons (Fsp3) is 0.467. The monoisotopic (exact) mass is 449 g/mol. The van der Waals surface area contributed by atoms with Gasteiger partial charge in [0.2, 0.25) is 21.8 Å². The fourth-order valence-corrected chi connectivity index (χ4v) is 4.30. The third-order valence-electron chi connectivity index (χ3n) is 3.63.